The molecular weight excluding hydrogens is 258 g/mol. The average molecular weight is 279 g/mol. The number of aldehydes is 1. The number of carbonyl (C=O) groups excluding carboxylic acids is 1. The van der Waals surface area contributed by atoms with Crippen molar-refractivity contribution in [2.45, 2.75) is 39.2 Å². The lowest BCUT2D eigenvalue weighted by Crippen LogP contribution is -1.97. The summed E-state index contributed by atoms with van der Waals surface area (Å²) in [5, 5.41) is 2.43. The van der Waals surface area contributed by atoms with Crippen LogP contribution in [0, 0.1) is 0 Å². The first-order valence-electron chi connectivity index (χ1n) is 7.81. The number of fused-ring (bicyclic) bond motifs is 3. The Morgan fingerprint density at radius 3 is 2.57 bits per heavy atom. The number of carbonyl (C=O) groups is 1. The van der Waals surface area contributed by atoms with E-state index in [1.165, 1.54) is 47.5 Å². The second-order valence-corrected chi connectivity index (χ2v) is 5.62. The Kier molecular flexibility index (Phi) is 4.05. The van der Waals surface area contributed by atoms with Crippen molar-refractivity contribution in [2.75, 3.05) is 0 Å². The molecule has 2 aromatic carbocycles. The highest BCUT2D eigenvalue weighted by Crippen LogP contribution is 2.29. The third kappa shape index (κ3) is 2.58. The number of hydrogen-bond acceptors (Lipinski definition) is 1. The fourth-order valence-corrected chi connectivity index (χ4v) is 3.08. The van der Waals surface area contributed by atoms with Gasteiger partial charge >= 0.3 is 0 Å². The fourth-order valence-electron chi connectivity index (χ4n) is 3.08. The van der Waals surface area contributed by atoms with Crippen LogP contribution in [-0.4, -0.2) is 10.9 Å². The molecule has 0 amide bonds. The summed E-state index contributed by atoms with van der Waals surface area (Å²) >= 11 is 0. The predicted octanol–water partition coefficient (Wildman–Crippen LogP) is 5.19. The monoisotopic (exact) mass is 279 g/mol. The number of hydrogen-bond donors (Lipinski definition) is 0. The molecule has 2 heteroatoms. The highest BCUT2D eigenvalue weighted by Gasteiger charge is 2.10. The topological polar surface area (TPSA) is 22.0 Å². The van der Waals surface area contributed by atoms with Gasteiger partial charge in [-0.15, -0.1) is 0 Å². The van der Waals surface area contributed by atoms with Gasteiger partial charge in [-0.2, -0.15) is 0 Å². The van der Waals surface area contributed by atoms with Crippen LogP contribution < -0.4 is 0 Å². The summed E-state index contributed by atoms with van der Waals surface area (Å²) in [5.41, 5.74) is 3.25. The molecular formula is C19H21NO. The number of aryl methyl sites for hydroxylation is 1. The number of aromatic nitrogens is 1. The molecule has 3 rings (SSSR count). The third-order valence-electron chi connectivity index (χ3n) is 4.17. The summed E-state index contributed by atoms with van der Waals surface area (Å²) in [6.07, 6.45) is 5.96. The summed E-state index contributed by atoms with van der Waals surface area (Å²) in [6.45, 7) is 3.28. The molecule has 0 saturated heterocycles. The van der Waals surface area contributed by atoms with E-state index in [1.54, 1.807) is 0 Å². The van der Waals surface area contributed by atoms with Gasteiger partial charge in [0.1, 0.15) is 6.29 Å². The minimum absolute atomic E-state index is 0.747. The summed E-state index contributed by atoms with van der Waals surface area (Å²) < 4.78 is 2.40. The van der Waals surface area contributed by atoms with Gasteiger partial charge in [-0.05, 0) is 30.7 Å². The van der Waals surface area contributed by atoms with E-state index in [-0.39, 0.29) is 0 Å². The van der Waals surface area contributed by atoms with Crippen molar-refractivity contribution in [3.05, 3.63) is 48.0 Å². The SMILES string of the molecule is CCCCCCn1c2ccccc2c2cc(C=O)ccc21. The number of nitrogens with zero attached hydrogens (tertiary/aromatic N) is 1. The smallest absolute Gasteiger partial charge is 0.150 e. The van der Waals surface area contributed by atoms with E-state index >= 15 is 0 Å². The largest absolute Gasteiger partial charge is 0.340 e. The van der Waals surface area contributed by atoms with Crippen molar-refractivity contribution in [1.82, 2.24) is 4.57 Å². The number of rotatable bonds is 6. The minimum Gasteiger partial charge on any atom is -0.340 e. The standard InChI is InChI=1S/C19H21NO/c1-2-3-4-7-12-20-18-9-6-5-8-16(18)17-13-15(14-21)10-11-19(17)20/h5-6,8-11,13-14H,2-4,7,12H2,1H3. The Bertz CT molecular complexity index is 770. The van der Waals surface area contributed by atoms with Crippen LogP contribution in [-0.2, 0) is 6.54 Å². The fraction of sp³-hybridized carbons (Fsp3) is 0.316. The van der Waals surface area contributed by atoms with Crippen molar-refractivity contribution >= 4 is 28.1 Å². The Morgan fingerprint density at radius 1 is 0.952 bits per heavy atom. The van der Waals surface area contributed by atoms with E-state index in [9.17, 15) is 4.79 Å². The number of para-hydroxylation sites is 1. The van der Waals surface area contributed by atoms with Crippen molar-refractivity contribution in [1.29, 1.82) is 0 Å². The summed E-state index contributed by atoms with van der Waals surface area (Å²) in [6, 6.07) is 14.5. The molecule has 108 valence electrons. The normalized spacial score (nSPS) is 11.3. The first kappa shape index (κ1) is 13.9. The molecule has 0 aliphatic rings. The van der Waals surface area contributed by atoms with Gasteiger partial charge in [-0.3, -0.25) is 4.79 Å². The second kappa shape index (κ2) is 6.13. The van der Waals surface area contributed by atoms with Gasteiger partial charge in [0.05, 0.1) is 0 Å². The number of unbranched alkanes of at least 4 members (excludes halogenated alkanes) is 3. The lowest BCUT2D eigenvalue weighted by Gasteiger charge is -2.07. The molecule has 0 saturated carbocycles. The molecule has 0 aliphatic carbocycles. The Morgan fingerprint density at radius 2 is 1.76 bits per heavy atom. The quantitative estimate of drug-likeness (QED) is 0.449. The molecule has 0 radical (unpaired) electrons. The maximum Gasteiger partial charge on any atom is 0.150 e. The predicted molar refractivity (Wildman–Crippen MR) is 89.0 cm³/mol. The van der Waals surface area contributed by atoms with Crippen LogP contribution >= 0.6 is 0 Å². The molecule has 21 heavy (non-hydrogen) atoms. The van der Waals surface area contributed by atoms with Crippen LogP contribution in [0.25, 0.3) is 21.8 Å². The van der Waals surface area contributed by atoms with Gasteiger partial charge in [0, 0.05) is 33.9 Å². The molecule has 0 bridgehead atoms. The van der Waals surface area contributed by atoms with Crippen molar-refractivity contribution in [3.63, 3.8) is 0 Å². The van der Waals surface area contributed by atoms with Gasteiger partial charge in [0.25, 0.3) is 0 Å². The molecule has 1 heterocycles. The van der Waals surface area contributed by atoms with Gasteiger partial charge < -0.3 is 4.57 Å². The Labute approximate surface area is 125 Å². The lowest BCUT2D eigenvalue weighted by molar-refractivity contribution is 0.112. The molecule has 0 spiro atoms. The summed E-state index contributed by atoms with van der Waals surface area (Å²) in [7, 11) is 0. The van der Waals surface area contributed by atoms with Crippen molar-refractivity contribution in [3.8, 4) is 0 Å². The van der Waals surface area contributed by atoms with Crippen LogP contribution in [0.4, 0.5) is 0 Å². The second-order valence-electron chi connectivity index (χ2n) is 5.62. The van der Waals surface area contributed by atoms with Gasteiger partial charge in [-0.1, -0.05) is 44.4 Å². The van der Waals surface area contributed by atoms with Crippen LogP contribution in [0.3, 0.4) is 0 Å². The Balaban J connectivity index is 2.09. The van der Waals surface area contributed by atoms with E-state index < -0.39 is 0 Å². The maximum absolute atomic E-state index is 11.0. The highest BCUT2D eigenvalue weighted by molar-refractivity contribution is 6.09. The van der Waals surface area contributed by atoms with Gasteiger partial charge in [0.15, 0.2) is 0 Å². The molecule has 0 fully saturated rings. The third-order valence-corrected chi connectivity index (χ3v) is 4.17. The number of benzene rings is 2. The van der Waals surface area contributed by atoms with E-state index in [4.69, 9.17) is 0 Å². The van der Waals surface area contributed by atoms with Crippen LogP contribution in [0.15, 0.2) is 42.5 Å². The van der Waals surface area contributed by atoms with Gasteiger partial charge in [-0.25, -0.2) is 0 Å². The molecule has 3 aromatic rings. The average Bonchev–Trinajstić information content (AvgIpc) is 2.85. The lowest BCUT2D eigenvalue weighted by atomic mass is 10.1. The van der Waals surface area contributed by atoms with Crippen molar-refractivity contribution < 1.29 is 4.79 Å². The Hall–Kier alpha value is -2.09. The molecule has 0 unspecified atom stereocenters. The molecule has 2 nitrogen and oxygen atoms in total. The molecule has 1 aromatic heterocycles. The first-order valence-corrected chi connectivity index (χ1v) is 7.81. The van der Waals surface area contributed by atoms with Crippen molar-refractivity contribution in [2.24, 2.45) is 0 Å². The van der Waals surface area contributed by atoms with E-state index in [1.807, 2.05) is 12.1 Å². The summed E-state index contributed by atoms with van der Waals surface area (Å²) in [4.78, 5) is 11.0. The van der Waals surface area contributed by atoms with E-state index in [0.29, 0.717) is 0 Å². The van der Waals surface area contributed by atoms with Crippen LogP contribution in [0.2, 0.25) is 0 Å². The maximum atomic E-state index is 11.0. The summed E-state index contributed by atoms with van der Waals surface area (Å²) in [5.74, 6) is 0. The van der Waals surface area contributed by atoms with Gasteiger partial charge in [0.2, 0.25) is 0 Å². The zero-order valence-electron chi connectivity index (χ0n) is 12.5. The van der Waals surface area contributed by atoms with Crippen LogP contribution in [0.1, 0.15) is 43.0 Å². The zero-order valence-corrected chi connectivity index (χ0v) is 12.5. The minimum atomic E-state index is 0.747. The zero-order chi connectivity index (χ0) is 14.7. The van der Waals surface area contributed by atoms with E-state index in [2.05, 4.69) is 41.8 Å². The van der Waals surface area contributed by atoms with Crippen LogP contribution in [0.5, 0.6) is 0 Å². The molecule has 0 N–H and O–H groups in total. The molecule has 0 aliphatic heterocycles. The van der Waals surface area contributed by atoms with E-state index in [0.717, 1.165) is 18.4 Å². The first-order chi connectivity index (χ1) is 10.3. The highest BCUT2D eigenvalue weighted by atomic mass is 16.1. The molecule has 0 atom stereocenters.